The van der Waals surface area contributed by atoms with E-state index in [9.17, 15) is 26.8 Å². The summed E-state index contributed by atoms with van der Waals surface area (Å²) < 4.78 is 55.6. The molecule has 0 saturated carbocycles. The number of anilines is 1. The van der Waals surface area contributed by atoms with Crippen molar-refractivity contribution in [2.75, 3.05) is 25.5 Å². The molecule has 1 aromatic carbocycles. The average Bonchev–Trinajstić information content (AvgIpc) is 3.57. The Labute approximate surface area is 222 Å². The van der Waals surface area contributed by atoms with Crippen molar-refractivity contribution in [1.82, 2.24) is 24.2 Å². The number of nitrogens with zero attached hydrogens (tertiary/aromatic N) is 5. The Morgan fingerprint density at radius 1 is 1.08 bits per heavy atom. The molecule has 0 aliphatic carbocycles. The molecule has 202 valence electrons. The monoisotopic (exact) mass is 554 g/mol. The molecule has 1 aliphatic heterocycles. The van der Waals surface area contributed by atoms with E-state index >= 15 is 0 Å². The van der Waals surface area contributed by atoms with Gasteiger partial charge >= 0.3 is 0 Å². The molecule has 10 nitrogen and oxygen atoms in total. The second-order valence-electron chi connectivity index (χ2n) is 9.22. The largest absolute Gasteiger partial charge is 0.364 e. The number of sulfonamides is 1. The van der Waals surface area contributed by atoms with Gasteiger partial charge in [-0.2, -0.15) is 5.10 Å². The zero-order valence-electron chi connectivity index (χ0n) is 21.0. The van der Waals surface area contributed by atoms with Gasteiger partial charge in [0.15, 0.2) is 5.03 Å². The van der Waals surface area contributed by atoms with Crippen LogP contribution in [0.3, 0.4) is 0 Å². The molecular weight excluding hydrogens is 530 g/mol. The summed E-state index contributed by atoms with van der Waals surface area (Å²) in [5.74, 6) is -2.66. The summed E-state index contributed by atoms with van der Waals surface area (Å²) in [5, 5.41) is 6.07. The van der Waals surface area contributed by atoms with Gasteiger partial charge in [-0.1, -0.05) is 6.07 Å². The Balaban J connectivity index is 1.41. The molecule has 4 heterocycles. The highest BCUT2D eigenvalue weighted by atomic mass is 32.2. The number of imide groups is 1. The first kappa shape index (κ1) is 26.4. The molecule has 1 aliphatic rings. The van der Waals surface area contributed by atoms with Crippen molar-refractivity contribution in [3.8, 4) is 0 Å². The number of rotatable bonds is 6. The number of hydrogen-bond acceptors (Lipinski definition) is 7. The van der Waals surface area contributed by atoms with Gasteiger partial charge < -0.3 is 4.90 Å². The summed E-state index contributed by atoms with van der Waals surface area (Å²) in [4.78, 5) is 31.7. The fourth-order valence-electron chi connectivity index (χ4n) is 4.60. The van der Waals surface area contributed by atoms with Crippen LogP contribution in [0.5, 0.6) is 0 Å². The van der Waals surface area contributed by atoms with E-state index in [1.165, 1.54) is 49.1 Å². The molecule has 0 bridgehead atoms. The zero-order chi connectivity index (χ0) is 27.9. The molecule has 1 fully saturated rings. The van der Waals surface area contributed by atoms with Crippen LogP contribution in [0.2, 0.25) is 0 Å². The first-order chi connectivity index (χ1) is 18.6. The number of aromatic nitrogens is 3. The lowest BCUT2D eigenvalue weighted by Crippen LogP contribution is -2.32. The fraction of sp³-hybridized carbons (Fsp3) is 0.231. The van der Waals surface area contributed by atoms with E-state index in [1.54, 1.807) is 18.3 Å². The van der Waals surface area contributed by atoms with E-state index in [2.05, 4.69) is 15.4 Å². The minimum Gasteiger partial charge on any atom is -0.364 e. The van der Waals surface area contributed by atoms with Crippen molar-refractivity contribution in [2.45, 2.75) is 23.9 Å². The number of fused-ring (bicyclic) bond motifs is 1. The maximum Gasteiger partial charge on any atom is 0.276 e. The summed E-state index contributed by atoms with van der Waals surface area (Å²) in [5.41, 5.74) is 1.17. The molecule has 39 heavy (non-hydrogen) atoms. The van der Waals surface area contributed by atoms with Crippen molar-refractivity contribution in [3.05, 3.63) is 89.4 Å². The highest BCUT2D eigenvalue weighted by molar-refractivity contribution is 7.89. The fourth-order valence-corrected chi connectivity index (χ4v) is 5.44. The van der Waals surface area contributed by atoms with Gasteiger partial charge in [0.2, 0.25) is 0 Å². The van der Waals surface area contributed by atoms with Crippen LogP contribution in [0.25, 0.3) is 5.52 Å². The normalized spacial score (nSPS) is 15.7. The van der Waals surface area contributed by atoms with E-state index in [0.29, 0.717) is 24.2 Å². The summed E-state index contributed by atoms with van der Waals surface area (Å²) in [6.45, 7) is 0.600. The average molecular weight is 555 g/mol. The Hall–Kier alpha value is -4.23. The van der Waals surface area contributed by atoms with Gasteiger partial charge in [0, 0.05) is 38.1 Å². The quantitative estimate of drug-likeness (QED) is 0.364. The molecule has 13 heteroatoms. The topological polar surface area (TPSA) is 117 Å². The van der Waals surface area contributed by atoms with E-state index in [4.69, 9.17) is 0 Å². The Bertz CT molecular complexity index is 1710. The number of carbonyl (C=O) groups excluding carboxylic acids is 2. The van der Waals surface area contributed by atoms with Crippen LogP contribution in [0.1, 0.15) is 45.3 Å². The SMILES string of the molecule is CN(C)S(=O)(=O)c1cccc(C(=O)NC(=O)c2cnn3ccc(N4CCC[C@@H]4c4cc(F)ccc4F)cc23)n1. The molecule has 0 spiro atoms. The van der Waals surface area contributed by atoms with Crippen LogP contribution in [-0.2, 0) is 10.0 Å². The predicted molar refractivity (Wildman–Crippen MR) is 138 cm³/mol. The standard InChI is InChI=1S/C26H24F2N6O4S/c1-32(2)39(37,38)24-7-3-5-21(30-24)26(36)31-25(35)19-15-29-34-12-10-17(14-23(19)34)33-11-4-6-22(33)18-13-16(27)8-9-20(18)28/h3,5,7-10,12-15,22H,4,6,11H2,1-2H3,(H,31,35,36)/t22-/m1/s1. The summed E-state index contributed by atoms with van der Waals surface area (Å²) in [6.07, 6.45) is 4.33. The third kappa shape index (κ3) is 4.98. The van der Waals surface area contributed by atoms with Crippen molar-refractivity contribution in [1.29, 1.82) is 0 Å². The molecule has 1 N–H and O–H groups in total. The minimum absolute atomic E-state index is 0.0925. The zero-order valence-corrected chi connectivity index (χ0v) is 21.8. The van der Waals surface area contributed by atoms with Crippen LogP contribution < -0.4 is 10.2 Å². The van der Waals surface area contributed by atoms with Crippen molar-refractivity contribution in [3.63, 3.8) is 0 Å². The lowest BCUT2D eigenvalue weighted by Gasteiger charge is -2.27. The van der Waals surface area contributed by atoms with Gasteiger partial charge in [0.1, 0.15) is 17.3 Å². The predicted octanol–water partition coefficient (Wildman–Crippen LogP) is 3.17. The Kier molecular flexibility index (Phi) is 6.87. The summed E-state index contributed by atoms with van der Waals surface area (Å²) in [6, 6.07) is 10.4. The van der Waals surface area contributed by atoms with E-state index < -0.39 is 33.5 Å². The molecule has 5 rings (SSSR count). The smallest absolute Gasteiger partial charge is 0.276 e. The number of halogens is 2. The van der Waals surface area contributed by atoms with Gasteiger partial charge in [0.05, 0.1) is 23.3 Å². The molecule has 0 radical (unpaired) electrons. The Morgan fingerprint density at radius 2 is 1.87 bits per heavy atom. The lowest BCUT2D eigenvalue weighted by molar-refractivity contribution is 0.0847. The van der Waals surface area contributed by atoms with E-state index in [0.717, 1.165) is 22.9 Å². The first-order valence-corrected chi connectivity index (χ1v) is 13.4. The highest BCUT2D eigenvalue weighted by Gasteiger charge is 2.30. The molecular formula is C26H24F2N6O4S. The van der Waals surface area contributed by atoms with Gasteiger partial charge in [-0.05, 0) is 55.3 Å². The van der Waals surface area contributed by atoms with Gasteiger partial charge in [-0.15, -0.1) is 0 Å². The van der Waals surface area contributed by atoms with E-state index in [1.807, 2.05) is 4.90 Å². The number of pyridine rings is 2. The number of nitrogens with one attached hydrogen (secondary N) is 1. The first-order valence-electron chi connectivity index (χ1n) is 12.0. The third-order valence-electron chi connectivity index (χ3n) is 6.58. The number of amides is 2. The van der Waals surface area contributed by atoms with E-state index in [-0.39, 0.29) is 27.9 Å². The Morgan fingerprint density at radius 3 is 2.64 bits per heavy atom. The van der Waals surface area contributed by atoms with Crippen molar-refractivity contribution in [2.24, 2.45) is 0 Å². The minimum atomic E-state index is -3.88. The molecule has 4 aromatic rings. The maximum atomic E-state index is 14.5. The molecule has 0 unspecified atom stereocenters. The van der Waals surface area contributed by atoms with Crippen molar-refractivity contribution < 1.29 is 26.8 Å². The second-order valence-corrected chi connectivity index (χ2v) is 11.3. The second kappa shape index (κ2) is 10.2. The van der Waals surface area contributed by atoms with Crippen LogP contribution in [0.15, 0.2) is 66.0 Å². The number of carbonyl (C=O) groups is 2. The van der Waals surface area contributed by atoms with Crippen LogP contribution in [-0.4, -0.2) is 59.8 Å². The van der Waals surface area contributed by atoms with Crippen LogP contribution >= 0.6 is 0 Å². The van der Waals surface area contributed by atoms with Crippen molar-refractivity contribution >= 4 is 33.0 Å². The van der Waals surface area contributed by atoms with Gasteiger partial charge in [-0.25, -0.2) is 31.0 Å². The third-order valence-corrected chi connectivity index (χ3v) is 8.30. The highest BCUT2D eigenvalue weighted by Crippen LogP contribution is 2.38. The van der Waals surface area contributed by atoms with Gasteiger partial charge in [-0.3, -0.25) is 14.9 Å². The molecule has 3 aromatic heterocycles. The summed E-state index contributed by atoms with van der Waals surface area (Å²) in [7, 11) is -1.20. The van der Waals surface area contributed by atoms with Crippen LogP contribution in [0, 0.1) is 11.6 Å². The molecule has 1 atom stereocenters. The number of hydrogen-bond donors (Lipinski definition) is 1. The number of benzene rings is 1. The molecule has 1 saturated heterocycles. The summed E-state index contributed by atoms with van der Waals surface area (Å²) >= 11 is 0. The van der Waals surface area contributed by atoms with Gasteiger partial charge in [0.25, 0.3) is 21.8 Å². The van der Waals surface area contributed by atoms with Crippen LogP contribution in [0.4, 0.5) is 14.5 Å². The lowest BCUT2D eigenvalue weighted by atomic mass is 10.0. The molecule has 2 amide bonds. The maximum absolute atomic E-state index is 14.5.